The van der Waals surface area contributed by atoms with E-state index >= 15 is 0 Å². The highest BCUT2D eigenvalue weighted by Crippen LogP contribution is 2.15. The molecule has 1 atom stereocenters. The molecule has 1 unspecified atom stereocenters. The van der Waals surface area contributed by atoms with E-state index in [9.17, 15) is 14.4 Å². The van der Waals surface area contributed by atoms with Crippen molar-refractivity contribution in [2.75, 3.05) is 5.32 Å². The number of hydrogen-bond donors (Lipinski definition) is 1. The van der Waals surface area contributed by atoms with Gasteiger partial charge in [0.1, 0.15) is 0 Å². The van der Waals surface area contributed by atoms with Crippen LogP contribution >= 0.6 is 0 Å². The van der Waals surface area contributed by atoms with Crippen molar-refractivity contribution in [3.63, 3.8) is 0 Å². The van der Waals surface area contributed by atoms with Crippen LogP contribution in [0.1, 0.15) is 29.9 Å². The Labute approximate surface area is 161 Å². The van der Waals surface area contributed by atoms with E-state index in [0.29, 0.717) is 16.5 Å². The number of amides is 1. The SMILES string of the molecule is CCc1ccc(NC(=O)C(C)OC(=O)c2nn(C)c(=O)c3ccccc23)cc1. The standard InChI is InChI=1S/C21H21N3O4/c1-4-14-9-11-15(12-10-14)22-19(25)13(2)28-21(27)18-16-7-5-6-8-17(16)20(26)24(3)23-18/h5-13H,4H2,1-3H3,(H,22,25). The minimum absolute atomic E-state index is 0.00958. The minimum Gasteiger partial charge on any atom is -0.448 e. The molecular weight excluding hydrogens is 358 g/mol. The first-order chi connectivity index (χ1) is 13.4. The van der Waals surface area contributed by atoms with Crippen molar-refractivity contribution in [2.45, 2.75) is 26.4 Å². The number of fused-ring (bicyclic) bond motifs is 1. The molecule has 0 spiro atoms. The Morgan fingerprint density at radius 1 is 1.11 bits per heavy atom. The quantitative estimate of drug-likeness (QED) is 0.689. The summed E-state index contributed by atoms with van der Waals surface area (Å²) in [5.74, 6) is -1.22. The van der Waals surface area contributed by atoms with Crippen LogP contribution in [0, 0.1) is 0 Å². The maximum absolute atomic E-state index is 12.6. The summed E-state index contributed by atoms with van der Waals surface area (Å²) in [6.07, 6.45) is -0.126. The third kappa shape index (κ3) is 3.93. The number of carbonyl (C=O) groups is 2. The van der Waals surface area contributed by atoms with Crippen LogP contribution in [-0.4, -0.2) is 27.8 Å². The lowest BCUT2D eigenvalue weighted by Crippen LogP contribution is -2.31. The van der Waals surface area contributed by atoms with Gasteiger partial charge in [-0.2, -0.15) is 5.10 Å². The molecule has 3 rings (SSSR count). The van der Waals surface area contributed by atoms with Crippen LogP contribution in [-0.2, 0) is 23.0 Å². The third-order valence-electron chi connectivity index (χ3n) is 4.43. The molecule has 0 saturated carbocycles. The number of esters is 1. The number of benzene rings is 2. The monoisotopic (exact) mass is 379 g/mol. The van der Waals surface area contributed by atoms with E-state index < -0.39 is 18.0 Å². The third-order valence-corrected chi connectivity index (χ3v) is 4.43. The molecule has 7 nitrogen and oxygen atoms in total. The fraction of sp³-hybridized carbons (Fsp3) is 0.238. The Kier molecular flexibility index (Phi) is 5.54. The van der Waals surface area contributed by atoms with Crippen LogP contribution in [0.25, 0.3) is 10.8 Å². The van der Waals surface area contributed by atoms with Gasteiger partial charge in [0.05, 0.1) is 5.39 Å². The average Bonchev–Trinajstić information content (AvgIpc) is 2.71. The highest BCUT2D eigenvalue weighted by molar-refractivity contribution is 6.03. The van der Waals surface area contributed by atoms with Gasteiger partial charge in [0.15, 0.2) is 11.8 Å². The number of rotatable bonds is 5. The van der Waals surface area contributed by atoms with Gasteiger partial charge in [-0.15, -0.1) is 0 Å². The van der Waals surface area contributed by atoms with Crippen molar-refractivity contribution >= 4 is 28.3 Å². The molecule has 7 heteroatoms. The van der Waals surface area contributed by atoms with Crippen LogP contribution in [0.5, 0.6) is 0 Å². The zero-order chi connectivity index (χ0) is 20.3. The van der Waals surface area contributed by atoms with Crippen LogP contribution < -0.4 is 10.9 Å². The summed E-state index contributed by atoms with van der Waals surface area (Å²) in [4.78, 5) is 37.1. The topological polar surface area (TPSA) is 90.3 Å². The zero-order valence-corrected chi connectivity index (χ0v) is 15.9. The maximum Gasteiger partial charge on any atom is 0.360 e. The Hall–Kier alpha value is -3.48. The predicted octanol–water partition coefficient (Wildman–Crippen LogP) is 2.68. The molecule has 1 amide bonds. The molecule has 28 heavy (non-hydrogen) atoms. The van der Waals surface area contributed by atoms with Crippen LogP contribution in [0.15, 0.2) is 53.3 Å². The Bertz CT molecular complexity index is 1090. The molecule has 0 aliphatic rings. The summed E-state index contributed by atoms with van der Waals surface area (Å²) in [7, 11) is 1.46. The van der Waals surface area contributed by atoms with Crippen LogP contribution in [0.4, 0.5) is 5.69 Å². The van der Waals surface area contributed by atoms with Crippen LogP contribution in [0.2, 0.25) is 0 Å². The number of nitrogens with one attached hydrogen (secondary N) is 1. The molecule has 0 fully saturated rings. The number of aromatic nitrogens is 2. The molecule has 1 heterocycles. The fourth-order valence-corrected chi connectivity index (χ4v) is 2.79. The molecule has 2 aromatic carbocycles. The summed E-state index contributed by atoms with van der Waals surface area (Å²) in [5, 5.41) is 7.48. The Morgan fingerprint density at radius 3 is 2.39 bits per heavy atom. The number of anilines is 1. The van der Waals surface area contributed by atoms with E-state index in [-0.39, 0.29) is 11.3 Å². The highest BCUT2D eigenvalue weighted by Gasteiger charge is 2.23. The number of hydrogen-bond acceptors (Lipinski definition) is 5. The van der Waals surface area contributed by atoms with Crippen molar-refractivity contribution in [1.29, 1.82) is 0 Å². The van der Waals surface area contributed by atoms with Gasteiger partial charge in [0.2, 0.25) is 0 Å². The molecule has 0 bridgehead atoms. The summed E-state index contributed by atoms with van der Waals surface area (Å²) >= 11 is 0. The Morgan fingerprint density at radius 2 is 1.75 bits per heavy atom. The summed E-state index contributed by atoms with van der Waals surface area (Å²) < 4.78 is 6.37. The van der Waals surface area contributed by atoms with Gasteiger partial charge < -0.3 is 10.1 Å². The van der Waals surface area contributed by atoms with Crippen molar-refractivity contribution < 1.29 is 14.3 Å². The number of ether oxygens (including phenoxy) is 1. The molecule has 144 valence electrons. The molecule has 1 aromatic heterocycles. The highest BCUT2D eigenvalue weighted by atomic mass is 16.5. The van der Waals surface area contributed by atoms with Crippen molar-refractivity contribution in [2.24, 2.45) is 7.05 Å². The van der Waals surface area contributed by atoms with Crippen molar-refractivity contribution in [1.82, 2.24) is 9.78 Å². The lowest BCUT2D eigenvalue weighted by Gasteiger charge is -2.14. The van der Waals surface area contributed by atoms with E-state index in [1.807, 2.05) is 19.1 Å². The largest absolute Gasteiger partial charge is 0.448 e. The lowest BCUT2D eigenvalue weighted by molar-refractivity contribution is -0.123. The fourth-order valence-electron chi connectivity index (χ4n) is 2.79. The number of carbonyl (C=O) groups excluding carboxylic acids is 2. The van der Waals surface area contributed by atoms with E-state index in [1.165, 1.54) is 14.0 Å². The first kappa shape index (κ1) is 19.3. The molecule has 3 aromatic rings. The smallest absolute Gasteiger partial charge is 0.360 e. The summed E-state index contributed by atoms with van der Waals surface area (Å²) in [5.41, 5.74) is 1.46. The van der Waals surface area contributed by atoms with E-state index in [1.54, 1.807) is 36.4 Å². The summed E-state index contributed by atoms with van der Waals surface area (Å²) in [6, 6.07) is 14.1. The molecule has 0 aliphatic carbocycles. The molecule has 0 aliphatic heterocycles. The van der Waals surface area contributed by atoms with E-state index in [0.717, 1.165) is 16.7 Å². The normalized spacial score (nSPS) is 11.8. The van der Waals surface area contributed by atoms with Gasteiger partial charge in [-0.05, 0) is 37.1 Å². The second-order valence-corrected chi connectivity index (χ2v) is 6.41. The van der Waals surface area contributed by atoms with Crippen molar-refractivity contribution in [3.05, 3.63) is 70.1 Å². The van der Waals surface area contributed by atoms with Gasteiger partial charge in [-0.25, -0.2) is 9.48 Å². The van der Waals surface area contributed by atoms with Gasteiger partial charge in [-0.1, -0.05) is 37.3 Å². The lowest BCUT2D eigenvalue weighted by atomic mass is 10.1. The van der Waals surface area contributed by atoms with Gasteiger partial charge in [0, 0.05) is 18.1 Å². The molecule has 0 radical (unpaired) electrons. The summed E-state index contributed by atoms with van der Waals surface area (Å²) in [6.45, 7) is 3.53. The van der Waals surface area contributed by atoms with Gasteiger partial charge >= 0.3 is 5.97 Å². The van der Waals surface area contributed by atoms with Gasteiger partial charge in [-0.3, -0.25) is 9.59 Å². The van der Waals surface area contributed by atoms with E-state index in [2.05, 4.69) is 10.4 Å². The zero-order valence-electron chi connectivity index (χ0n) is 15.9. The second kappa shape index (κ2) is 8.04. The Balaban J connectivity index is 1.77. The molecule has 0 saturated heterocycles. The van der Waals surface area contributed by atoms with Crippen molar-refractivity contribution in [3.8, 4) is 0 Å². The van der Waals surface area contributed by atoms with Crippen LogP contribution in [0.3, 0.4) is 0 Å². The van der Waals surface area contributed by atoms with Gasteiger partial charge in [0.25, 0.3) is 11.5 Å². The second-order valence-electron chi connectivity index (χ2n) is 6.41. The van der Waals surface area contributed by atoms with E-state index in [4.69, 9.17) is 4.74 Å². The first-order valence-electron chi connectivity index (χ1n) is 8.97. The molecule has 1 N–H and O–H groups in total. The minimum atomic E-state index is -1.03. The number of nitrogens with zero attached hydrogens (tertiary/aromatic N) is 2. The predicted molar refractivity (Wildman–Crippen MR) is 106 cm³/mol. The molecular formula is C21H21N3O4. The average molecular weight is 379 g/mol. The maximum atomic E-state index is 12.6. The number of aryl methyl sites for hydroxylation is 2. The first-order valence-corrected chi connectivity index (χ1v) is 8.97.